The van der Waals surface area contributed by atoms with Crippen molar-refractivity contribution in [1.29, 1.82) is 5.26 Å². The summed E-state index contributed by atoms with van der Waals surface area (Å²) in [4.78, 5) is 15.1. The molecular weight excluding hydrogens is 393 g/mol. The average molecular weight is 420 g/mol. The van der Waals surface area contributed by atoms with Crippen LogP contribution in [0.2, 0.25) is 0 Å². The van der Waals surface area contributed by atoms with Crippen molar-refractivity contribution >= 4 is 11.7 Å². The quantitative estimate of drug-likeness (QED) is 0.680. The van der Waals surface area contributed by atoms with Gasteiger partial charge in [-0.15, -0.1) is 0 Å². The zero-order valence-electron chi connectivity index (χ0n) is 18.0. The van der Waals surface area contributed by atoms with Crippen molar-refractivity contribution in [3.63, 3.8) is 0 Å². The first-order chi connectivity index (χ1) is 14.9. The van der Waals surface area contributed by atoms with Gasteiger partial charge in [0.25, 0.3) is 0 Å². The van der Waals surface area contributed by atoms with Crippen LogP contribution in [0.25, 0.3) is 0 Å². The molecule has 1 amide bonds. The number of aromatic nitrogens is 2. The maximum Gasteiger partial charge on any atom is 0.239 e. The van der Waals surface area contributed by atoms with Gasteiger partial charge in [-0.05, 0) is 56.2 Å². The Kier molecular flexibility index (Phi) is 5.66. The third kappa shape index (κ3) is 3.99. The number of nitrogens with one attached hydrogen (secondary N) is 1. The van der Waals surface area contributed by atoms with Crippen LogP contribution in [-0.2, 0) is 17.9 Å². The van der Waals surface area contributed by atoms with E-state index in [-0.39, 0.29) is 24.3 Å². The van der Waals surface area contributed by atoms with E-state index in [1.165, 1.54) is 17.8 Å². The van der Waals surface area contributed by atoms with Gasteiger partial charge in [0.1, 0.15) is 17.7 Å². The molecular formula is C24H26FN5O. The van der Waals surface area contributed by atoms with Crippen LogP contribution in [0, 0.1) is 31.0 Å². The Morgan fingerprint density at radius 3 is 2.68 bits per heavy atom. The van der Waals surface area contributed by atoms with Crippen LogP contribution in [0.4, 0.5) is 10.2 Å². The van der Waals surface area contributed by atoms with Crippen molar-refractivity contribution in [1.82, 2.24) is 14.0 Å². The van der Waals surface area contributed by atoms with Gasteiger partial charge in [0, 0.05) is 43.3 Å². The number of amides is 1. The smallest absolute Gasteiger partial charge is 0.239 e. The van der Waals surface area contributed by atoms with Crippen molar-refractivity contribution in [3.05, 3.63) is 76.5 Å². The highest BCUT2D eigenvalue weighted by atomic mass is 19.1. The molecule has 160 valence electrons. The number of anilines is 1. The lowest BCUT2D eigenvalue weighted by atomic mass is 10.1. The first-order valence-electron chi connectivity index (χ1n) is 10.4. The van der Waals surface area contributed by atoms with Gasteiger partial charge < -0.3 is 14.5 Å². The number of hydrogen-bond acceptors (Lipinski definition) is 3. The fraction of sp³-hybridized carbons (Fsp3) is 0.333. The monoisotopic (exact) mass is 419 g/mol. The Labute approximate surface area is 181 Å². The number of rotatable bonds is 5. The van der Waals surface area contributed by atoms with E-state index in [0.29, 0.717) is 17.9 Å². The molecule has 1 atom stereocenters. The maximum atomic E-state index is 13.3. The van der Waals surface area contributed by atoms with Crippen LogP contribution in [0.1, 0.15) is 41.0 Å². The molecule has 1 aliphatic heterocycles. The Balaban J connectivity index is 1.56. The molecule has 0 aliphatic carbocycles. The summed E-state index contributed by atoms with van der Waals surface area (Å²) < 4.78 is 17.4. The standard InChI is InChI=1S/C24H26FN5O/c1-16-17(2)30(14-19-6-8-20(25)9-7-19)24(21(16)13-26)27-23(31)15-29-12-11-28-10-4-5-22(28)18(29)3/h4-10,18H,11-12,14-15H2,1-3H3,(H,27,31). The summed E-state index contributed by atoms with van der Waals surface area (Å²) in [5.41, 5.74) is 4.30. The Bertz CT molecular complexity index is 1150. The third-order valence-electron chi connectivity index (χ3n) is 6.27. The second kappa shape index (κ2) is 8.40. The first kappa shape index (κ1) is 20.9. The van der Waals surface area contributed by atoms with Crippen LogP contribution >= 0.6 is 0 Å². The van der Waals surface area contributed by atoms with Crippen molar-refractivity contribution in [2.45, 2.75) is 39.9 Å². The fourth-order valence-corrected chi connectivity index (χ4v) is 4.30. The molecule has 3 aromatic rings. The molecule has 2 aromatic heterocycles. The number of halogens is 1. The molecule has 0 bridgehead atoms. The molecule has 1 aliphatic rings. The normalized spacial score (nSPS) is 16.0. The van der Waals surface area contributed by atoms with Crippen molar-refractivity contribution in [2.75, 3.05) is 18.4 Å². The highest BCUT2D eigenvalue weighted by Crippen LogP contribution is 2.28. The largest absolute Gasteiger partial charge is 0.349 e. The summed E-state index contributed by atoms with van der Waals surface area (Å²) >= 11 is 0. The van der Waals surface area contributed by atoms with E-state index < -0.39 is 0 Å². The predicted octanol–water partition coefficient (Wildman–Crippen LogP) is 3.98. The number of hydrogen-bond donors (Lipinski definition) is 1. The Morgan fingerprint density at radius 1 is 1.23 bits per heavy atom. The van der Waals surface area contributed by atoms with Crippen LogP contribution < -0.4 is 5.32 Å². The number of carbonyl (C=O) groups is 1. The second-order valence-corrected chi connectivity index (χ2v) is 8.08. The van der Waals surface area contributed by atoms with E-state index in [4.69, 9.17) is 0 Å². The van der Waals surface area contributed by atoms with Gasteiger partial charge in [-0.25, -0.2) is 4.39 Å². The van der Waals surface area contributed by atoms with Gasteiger partial charge >= 0.3 is 0 Å². The molecule has 0 saturated heterocycles. The summed E-state index contributed by atoms with van der Waals surface area (Å²) in [5, 5.41) is 12.7. The van der Waals surface area contributed by atoms with Crippen molar-refractivity contribution in [2.24, 2.45) is 0 Å². The maximum absolute atomic E-state index is 13.3. The highest BCUT2D eigenvalue weighted by molar-refractivity contribution is 5.93. The van der Waals surface area contributed by atoms with Gasteiger partial charge in [-0.3, -0.25) is 9.69 Å². The van der Waals surface area contributed by atoms with Crippen LogP contribution in [0.15, 0.2) is 42.6 Å². The summed E-state index contributed by atoms with van der Waals surface area (Å²) in [6.45, 7) is 8.24. The van der Waals surface area contributed by atoms with Crippen LogP contribution in [0.3, 0.4) is 0 Å². The lowest BCUT2D eigenvalue weighted by molar-refractivity contribution is -0.118. The Hall–Kier alpha value is -3.37. The number of benzene rings is 1. The van der Waals surface area contributed by atoms with Crippen LogP contribution in [-0.4, -0.2) is 33.0 Å². The molecule has 1 N–H and O–H groups in total. The van der Waals surface area contributed by atoms with Gasteiger partial charge in [-0.2, -0.15) is 5.26 Å². The summed E-state index contributed by atoms with van der Waals surface area (Å²) in [6, 6.07) is 12.7. The zero-order chi connectivity index (χ0) is 22.1. The van der Waals surface area contributed by atoms with Crippen LogP contribution in [0.5, 0.6) is 0 Å². The average Bonchev–Trinajstić information content (AvgIpc) is 3.31. The molecule has 0 fully saturated rings. The number of fused-ring (bicyclic) bond motifs is 1. The van der Waals surface area contributed by atoms with E-state index in [2.05, 4.69) is 40.0 Å². The molecule has 4 rings (SSSR count). The fourth-order valence-electron chi connectivity index (χ4n) is 4.30. The summed E-state index contributed by atoms with van der Waals surface area (Å²) in [7, 11) is 0. The van der Waals surface area contributed by atoms with Gasteiger partial charge in [0.15, 0.2) is 0 Å². The molecule has 7 heteroatoms. The van der Waals surface area contributed by atoms with E-state index in [1.54, 1.807) is 12.1 Å². The summed E-state index contributed by atoms with van der Waals surface area (Å²) in [5.74, 6) is 0.0540. The molecule has 0 radical (unpaired) electrons. The minimum Gasteiger partial charge on any atom is -0.349 e. The molecule has 3 heterocycles. The first-order valence-corrected chi connectivity index (χ1v) is 10.4. The van der Waals surface area contributed by atoms with Gasteiger partial charge in [-0.1, -0.05) is 12.1 Å². The Morgan fingerprint density at radius 2 is 1.97 bits per heavy atom. The lowest BCUT2D eigenvalue weighted by Gasteiger charge is -2.34. The molecule has 31 heavy (non-hydrogen) atoms. The SMILES string of the molecule is Cc1c(C#N)c(NC(=O)CN2CCn3cccc3C2C)n(Cc2ccc(F)cc2)c1C. The van der Waals surface area contributed by atoms with Gasteiger partial charge in [0.05, 0.1) is 12.1 Å². The molecule has 0 spiro atoms. The predicted molar refractivity (Wildman–Crippen MR) is 117 cm³/mol. The highest BCUT2D eigenvalue weighted by Gasteiger charge is 2.26. The molecule has 1 unspecified atom stereocenters. The van der Waals surface area contributed by atoms with E-state index in [9.17, 15) is 14.4 Å². The third-order valence-corrected chi connectivity index (χ3v) is 6.27. The summed E-state index contributed by atoms with van der Waals surface area (Å²) in [6.07, 6.45) is 2.07. The van der Waals surface area contributed by atoms with E-state index >= 15 is 0 Å². The number of nitriles is 1. The zero-order valence-corrected chi connectivity index (χ0v) is 18.0. The van der Waals surface area contributed by atoms with Gasteiger partial charge in [0.2, 0.25) is 5.91 Å². The minimum absolute atomic E-state index is 0.138. The molecule has 0 saturated carbocycles. The molecule has 6 nitrogen and oxygen atoms in total. The van der Waals surface area contributed by atoms with Crippen molar-refractivity contribution in [3.8, 4) is 6.07 Å². The van der Waals surface area contributed by atoms with E-state index in [1.807, 2.05) is 24.5 Å². The van der Waals surface area contributed by atoms with E-state index in [0.717, 1.165) is 29.9 Å². The topological polar surface area (TPSA) is 66.0 Å². The number of nitrogens with zero attached hydrogens (tertiary/aromatic N) is 4. The second-order valence-electron chi connectivity index (χ2n) is 8.08. The molecule has 1 aromatic carbocycles. The minimum atomic E-state index is -0.294. The number of carbonyl (C=O) groups excluding carboxylic acids is 1. The van der Waals surface area contributed by atoms with Crippen molar-refractivity contribution < 1.29 is 9.18 Å². The lowest BCUT2D eigenvalue weighted by Crippen LogP contribution is -2.41.